The standard InChI is InChI=1S/C57H70N12O9S2.C2HF3O2/c1-32(2)49-57(78)68-48(55(76)64-44(50(60)71)26-35-28-61-41-16-8-6-14-38(35)41)31-80-79-30-47(67-51(72)40(59)24-33-12-4-3-5-13-33)56(77)65-45(25-34-19-21-37(70)22-20-34)53(74)66-46(27-36-29-62-42-17-9-7-15-39(36)42)54(75)63-43(52(73)69-49)18-10-11-23-58;3-2(4,5)1(6)7/h3-9,12-17,19-22,28-29,32,40,43-49,61-62,70H,10-11,18,23-27,30-31,58-59H2,1-2H3,(H2,60,71)(H,63,75)(H,64,76)(H,65,77)(H,66,74)(H,67,72)(H,68,78)(H,69,73);(H,6,7)/t40-,43+,44+,45+,46-,47+,48+,49+;/m1./s1. The molecule has 0 spiro atoms. The number of unbranched alkanes of at least 4 members (excludes halogenated alkanes) is 1. The Bertz CT molecular complexity index is 3350. The molecule has 2 aromatic heterocycles. The summed E-state index contributed by atoms with van der Waals surface area (Å²) in [5.41, 5.74) is 22.4. The van der Waals surface area contributed by atoms with Gasteiger partial charge in [0.05, 0.1) is 6.04 Å². The van der Waals surface area contributed by atoms with Crippen molar-refractivity contribution in [3.8, 4) is 5.75 Å². The van der Waals surface area contributed by atoms with Crippen molar-refractivity contribution in [1.82, 2.24) is 47.2 Å². The number of primary amides is 1. The van der Waals surface area contributed by atoms with E-state index in [4.69, 9.17) is 27.1 Å². The number of aliphatic carboxylic acids is 1. The highest BCUT2D eigenvalue weighted by atomic mass is 33.1. The van der Waals surface area contributed by atoms with Crippen LogP contribution in [0.1, 0.15) is 55.4 Å². The molecule has 1 saturated heterocycles. The van der Waals surface area contributed by atoms with Crippen LogP contribution in [0.25, 0.3) is 21.8 Å². The lowest BCUT2D eigenvalue weighted by Gasteiger charge is -2.29. The molecule has 28 heteroatoms. The van der Waals surface area contributed by atoms with E-state index in [-0.39, 0.29) is 55.9 Å². The Labute approximate surface area is 506 Å². The van der Waals surface area contributed by atoms with Gasteiger partial charge in [0.25, 0.3) is 0 Å². The van der Waals surface area contributed by atoms with Crippen LogP contribution in [-0.4, -0.2) is 146 Å². The molecule has 8 atom stereocenters. The van der Waals surface area contributed by atoms with Crippen molar-refractivity contribution in [3.63, 3.8) is 0 Å². The first kappa shape index (κ1) is 67.5. The number of benzene rings is 4. The van der Waals surface area contributed by atoms with E-state index in [0.29, 0.717) is 29.5 Å². The monoisotopic (exact) mass is 1240 g/mol. The summed E-state index contributed by atoms with van der Waals surface area (Å²) in [6.07, 6.45) is -0.778. The second kappa shape index (κ2) is 32.2. The summed E-state index contributed by atoms with van der Waals surface area (Å²) in [6, 6.07) is 19.5. The molecule has 17 N–H and O–H groups in total. The molecule has 466 valence electrons. The smallest absolute Gasteiger partial charge is 0.490 e. The predicted molar refractivity (Wildman–Crippen MR) is 323 cm³/mol. The van der Waals surface area contributed by atoms with E-state index in [0.717, 1.165) is 49.0 Å². The number of carbonyl (C=O) groups is 9. The topological polar surface area (TPSA) is 388 Å². The zero-order chi connectivity index (χ0) is 63.4. The van der Waals surface area contributed by atoms with Crippen molar-refractivity contribution in [2.45, 2.75) is 113 Å². The molecular weight excluding hydrogens is 1170 g/mol. The van der Waals surface area contributed by atoms with E-state index in [9.17, 15) is 56.6 Å². The molecule has 0 unspecified atom stereocenters. The molecule has 7 rings (SSSR count). The summed E-state index contributed by atoms with van der Waals surface area (Å²) in [5, 5.41) is 38.4. The van der Waals surface area contributed by atoms with Gasteiger partial charge >= 0.3 is 12.1 Å². The molecule has 0 bridgehead atoms. The van der Waals surface area contributed by atoms with Crippen LogP contribution in [0.3, 0.4) is 0 Å². The number of para-hydroxylation sites is 2. The van der Waals surface area contributed by atoms with Gasteiger partial charge in [-0.1, -0.05) is 114 Å². The van der Waals surface area contributed by atoms with Crippen molar-refractivity contribution in [3.05, 3.63) is 138 Å². The Morgan fingerprint density at radius 3 is 1.79 bits per heavy atom. The third kappa shape index (κ3) is 20.3. The number of hydrogen-bond acceptors (Lipinski definition) is 14. The van der Waals surface area contributed by atoms with Crippen molar-refractivity contribution >= 4 is 96.6 Å². The fourth-order valence-corrected chi connectivity index (χ4v) is 11.6. The van der Waals surface area contributed by atoms with Crippen LogP contribution in [0.4, 0.5) is 13.2 Å². The van der Waals surface area contributed by atoms with Gasteiger partial charge in [-0.05, 0) is 84.7 Å². The Morgan fingerprint density at radius 1 is 0.655 bits per heavy atom. The number of aromatic nitrogens is 2. The lowest BCUT2D eigenvalue weighted by Crippen LogP contribution is -2.61. The maximum atomic E-state index is 14.9. The largest absolute Gasteiger partial charge is 0.508 e. The normalized spacial score (nSPS) is 20.1. The maximum Gasteiger partial charge on any atom is 0.490 e. The molecule has 3 heterocycles. The second-order valence-electron chi connectivity index (χ2n) is 21.0. The fraction of sp³-hybridized carbons (Fsp3) is 0.373. The highest BCUT2D eigenvalue weighted by molar-refractivity contribution is 8.76. The number of nitrogens with one attached hydrogen (secondary N) is 9. The summed E-state index contributed by atoms with van der Waals surface area (Å²) in [6.45, 7) is 3.68. The number of alkyl halides is 3. The Balaban J connectivity index is 0.00000162. The van der Waals surface area contributed by atoms with Gasteiger partial charge in [-0.15, -0.1) is 0 Å². The average Bonchev–Trinajstić information content (AvgIpc) is 3.41. The minimum atomic E-state index is -5.08. The van der Waals surface area contributed by atoms with Crippen molar-refractivity contribution < 1.29 is 66.5 Å². The molecule has 4 aromatic carbocycles. The zero-order valence-electron chi connectivity index (χ0n) is 47.5. The maximum absolute atomic E-state index is 14.9. The van der Waals surface area contributed by atoms with Gasteiger partial charge in [0.15, 0.2) is 0 Å². The van der Waals surface area contributed by atoms with Crippen LogP contribution in [0, 0.1) is 5.92 Å². The number of nitrogens with two attached hydrogens (primary N) is 3. The number of carboxylic acids is 1. The van der Waals surface area contributed by atoms with Crippen LogP contribution in [0.5, 0.6) is 5.75 Å². The van der Waals surface area contributed by atoms with E-state index < -0.39 is 114 Å². The van der Waals surface area contributed by atoms with E-state index in [1.807, 2.05) is 66.7 Å². The first-order valence-corrected chi connectivity index (χ1v) is 30.2. The Morgan fingerprint density at radius 2 is 1.20 bits per heavy atom. The summed E-state index contributed by atoms with van der Waals surface area (Å²) in [7, 11) is 2.13. The first-order valence-electron chi connectivity index (χ1n) is 27.8. The molecule has 0 aliphatic carbocycles. The van der Waals surface area contributed by atoms with Gasteiger partial charge < -0.3 is 74.6 Å². The third-order valence-electron chi connectivity index (χ3n) is 14.0. The number of H-pyrrole nitrogens is 2. The van der Waals surface area contributed by atoms with Gasteiger partial charge in [-0.25, -0.2) is 4.79 Å². The lowest BCUT2D eigenvalue weighted by molar-refractivity contribution is -0.192. The Kier molecular flexibility index (Phi) is 25.0. The molecule has 0 radical (unpaired) electrons. The zero-order valence-corrected chi connectivity index (χ0v) is 49.1. The number of aromatic amines is 2. The number of rotatable bonds is 18. The number of aromatic hydroxyl groups is 1. The molecule has 0 saturated carbocycles. The second-order valence-corrected chi connectivity index (χ2v) is 23.5. The number of phenols is 1. The van der Waals surface area contributed by atoms with Crippen LogP contribution >= 0.6 is 21.6 Å². The minimum Gasteiger partial charge on any atom is -0.508 e. The predicted octanol–water partition coefficient (Wildman–Crippen LogP) is 2.64. The van der Waals surface area contributed by atoms with Crippen LogP contribution in [-0.2, 0) is 68.8 Å². The van der Waals surface area contributed by atoms with Crippen LogP contribution < -0.4 is 54.4 Å². The van der Waals surface area contributed by atoms with E-state index in [1.54, 1.807) is 50.5 Å². The molecule has 87 heavy (non-hydrogen) atoms. The van der Waals surface area contributed by atoms with Crippen molar-refractivity contribution in [2.75, 3.05) is 18.1 Å². The number of fused-ring (bicyclic) bond motifs is 2. The summed E-state index contributed by atoms with van der Waals surface area (Å²) in [5.74, 6) is -9.82. The van der Waals surface area contributed by atoms with Gasteiger partial charge in [0.1, 0.15) is 48.0 Å². The molecule has 8 amide bonds. The number of carbonyl (C=O) groups excluding carboxylic acids is 8. The molecule has 6 aromatic rings. The summed E-state index contributed by atoms with van der Waals surface area (Å²) < 4.78 is 31.7. The average molecular weight is 1250 g/mol. The van der Waals surface area contributed by atoms with Gasteiger partial charge in [-0.3, -0.25) is 38.4 Å². The minimum absolute atomic E-state index is 0.00683. The van der Waals surface area contributed by atoms with Crippen LogP contribution in [0.2, 0.25) is 0 Å². The van der Waals surface area contributed by atoms with E-state index >= 15 is 0 Å². The highest BCUT2D eigenvalue weighted by Gasteiger charge is 2.39. The third-order valence-corrected chi connectivity index (χ3v) is 16.4. The van der Waals surface area contributed by atoms with Gasteiger partial charge in [-0.2, -0.15) is 13.2 Å². The molecule has 23 nitrogen and oxygen atoms in total. The summed E-state index contributed by atoms with van der Waals surface area (Å²) >= 11 is 0. The SMILES string of the molecule is CC(C)[C@@H]1NC(=O)[C@H](CCCCN)NC(=O)[C@@H](Cc2c[nH]c3ccccc23)NC(=O)[C@H](Cc2ccc(O)cc2)NC(=O)[C@@H](NC(=O)[C@H](N)Cc2ccccc2)CSSC[C@@H](C(=O)N[C@@H](Cc2c[nH]c3ccccc23)C(N)=O)NC1=O.O=C(O)C(F)(F)F. The molecule has 1 fully saturated rings. The lowest BCUT2D eigenvalue weighted by atomic mass is 10.00. The number of phenolic OH excluding ortho intramolecular Hbond substituents is 1. The number of amides is 8. The molecule has 1 aliphatic heterocycles. The summed E-state index contributed by atoms with van der Waals surface area (Å²) in [4.78, 5) is 130. The highest BCUT2D eigenvalue weighted by Crippen LogP contribution is 2.26. The number of halogens is 3. The van der Waals surface area contributed by atoms with E-state index in [2.05, 4.69) is 47.2 Å². The number of carboxylic acid groups (broad SMARTS) is 1. The quantitative estimate of drug-likeness (QED) is 0.0435. The van der Waals surface area contributed by atoms with Gasteiger partial charge in [0.2, 0.25) is 47.3 Å². The van der Waals surface area contributed by atoms with Crippen LogP contribution in [0.15, 0.2) is 116 Å². The Hall–Kier alpha value is -8.60. The molecule has 1 aliphatic rings. The van der Waals surface area contributed by atoms with E-state index in [1.165, 1.54) is 12.1 Å². The van der Waals surface area contributed by atoms with Gasteiger partial charge in [0, 0.05) is 65.0 Å². The first-order chi connectivity index (χ1) is 41.4. The van der Waals surface area contributed by atoms with Crippen molar-refractivity contribution in [1.29, 1.82) is 0 Å². The fourth-order valence-electron chi connectivity index (χ4n) is 9.29. The number of hydrogen-bond donors (Lipinski definition) is 14. The molecular formula is C59H71F3N12O11S2. The van der Waals surface area contributed by atoms with Crippen molar-refractivity contribution in [2.24, 2.45) is 23.1 Å².